The van der Waals surface area contributed by atoms with E-state index in [-0.39, 0.29) is 5.69 Å². The first kappa shape index (κ1) is 9.21. The monoisotopic (exact) mass is 215 g/mol. The number of halogens is 3. The van der Waals surface area contributed by atoms with Gasteiger partial charge in [0.15, 0.2) is 17.5 Å². The standard InChI is InChI=1S/C9H4F3NS/c10-5-4-13-9(8(12)7(5)11)6-2-1-3-14-6/h1-4H. The molecular weight excluding hydrogens is 211 g/mol. The third kappa shape index (κ3) is 1.39. The molecule has 0 unspecified atom stereocenters. The topological polar surface area (TPSA) is 12.9 Å². The first-order valence-electron chi connectivity index (χ1n) is 3.73. The Hall–Kier alpha value is -1.36. The molecule has 0 aliphatic carbocycles. The van der Waals surface area contributed by atoms with E-state index < -0.39 is 17.5 Å². The first-order chi connectivity index (χ1) is 6.70. The van der Waals surface area contributed by atoms with E-state index in [0.717, 1.165) is 0 Å². The van der Waals surface area contributed by atoms with Crippen LogP contribution in [0, 0.1) is 17.5 Å². The smallest absolute Gasteiger partial charge is 0.198 e. The van der Waals surface area contributed by atoms with Gasteiger partial charge in [-0.05, 0) is 11.4 Å². The molecule has 0 aromatic carbocycles. The third-order valence-corrected chi connectivity index (χ3v) is 2.55. The van der Waals surface area contributed by atoms with Crippen LogP contribution in [0.4, 0.5) is 13.2 Å². The van der Waals surface area contributed by atoms with Gasteiger partial charge in [0.25, 0.3) is 0 Å². The van der Waals surface area contributed by atoms with E-state index in [1.54, 1.807) is 17.5 Å². The van der Waals surface area contributed by atoms with Gasteiger partial charge in [0, 0.05) is 0 Å². The second-order valence-corrected chi connectivity index (χ2v) is 3.51. The molecule has 1 nitrogen and oxygen atoms in total. The van der Waals surface area contributed by atoms with Crippen molar-refractivity contribution in [3.8, 4) is 10.6 Å². The van der Waals surface area contributed by atoms with Crippen molar-refractivity contribution in [1.82, 2.24) is 4.98 Å². The molecule has 0 radical (unpaired) electrons. The molecule has 0 fully saturated rings. The van der Waals surface area contributed by atoms with Gasteiger partial charge >= 0.3 is 0 Å². The molecule has 0 bridgehead atoms. The summed E-state index contributed by atoms with van der Waals surface area (Å²) in [5, 5.41) is 1.71. The van der Waals surface area contributed by atoms with Crippen molar-refractivity contribution in [1.29, 1.82) is 0 Å². The summed E-state index contributed by atoms with van der Waals surface area (Å²) in [6.07, 6.45) is 0.674. The Balaban J connectivity index is 2.61. The minimum absolute atomic E-state index is 0.154. The molecule has 2 aromatic heterocycles. The van der Waals surface area contributed by atoms with Gasteiger partial charge in [-0.2, -0.15) is 0 Å². The summed E-state index contributed by atoms with van der Waals surface area (Å²) in [7, 11) is 0. The quantitative estimate of drug-likeness (QED) is 0.711. The molecule has 72 valence electrons. The van der Waals surface area contributed by atoms with E-state index in [0.29, 0.717) is 11.1 Å². The van der Waals surface area contributed by atoms with E-state index in [2.05, 4.69) is 4.98 Å². The van der Waals surface area contributed by atoms with Crippen LogP contribution in [-0.4, -0.2) is 4.98 Å². The van der Waals surface area contributed by atoms with Gasteiger partial charge in [-0.25, -0.2) is 18.2 Å². The zero-order valence-corrected chi connectivity index (χ0v) is 7.62. The molecular formula is C9H4F3NS. The van der Waals surface area contributed by atoms with Crippen LogP contribution in [0.2, 0.25) is 0 Å². The molecule has 0 saturated carbocycles. The number of hydrogen-bond donors (Lipinski definition) is 0. The van der Waals surface area contributed by atoms with Crippen molar-refractivity contribution >= 4 is 11.3 Å². The number of thiophene rings is 1. The number of aromatic nitrogens is 1. The molecule has 0 aliphatic heterocycles. The van der Waals surface area contributed by atoms with Crippen LogP contribution in [0.1, 0.15) is 0 Å². The van der Waals surface area contributed by atoms with Crippen LogP contribution < -0.4 is 0 Å². The van der Waals surface area contributed by atoms with E-state index in [9.17, 15) is 13.2 Å². The van der Waals surface area contributed by atoms with Crippen LogP contribution in [0.3, 0.4) is 0 Å². The van der Waals surface area contributed by atoms with Gasteiger partial charge in [0.05, 0.1) is 11.1 Å². The number of pyridine rings is 1. The van der Waals surface area contributed by atoms with Crippen LogP contribution in [0.15, 0.2) is 23.7 Å². The molecule has 2 heterocycles. The zero-order chi connectivity index (χ0) is 10.1. The zero-order valence-electron chi connectivity index (χ0n) is 6.80. The Bertz CT molecular complexity index is 453. The second-order valence-electron chi connectivity index (χ2n) is 2.56. The van der Waals surface area contributed by atoms with Crippen LogP contribution in [0.25, 0.3) is 10.6 Å². The van der Waals surface area contributed by atoms with E-state index in [1.165, 1.54) is 11.3 Å². The Kier molecular flexibility index (Phi) is 2.25. The van der Waals surface area contributed by atoms with Crippen LogP contribution in [0.5, 0.6) is 0 Å². The minimum atomic E-state index is -1.48. The number of rotatable bonds is 1. The molecule has 14 heavy (non-hydrogen) atoms. The Labute approximate surface area is 81.8 Å². The fourth-order valence-electron chi connectivity index (χ4n) is 1.03. The summed E-state index contributed by atoms with van der Waals surface area (Å²) in [5.74, 6) is -4.00. The largest absolute Gasteiger partial charge is 0.249 e. The highest BCUT2D eigenvalue weighted by Gasteiger charge is 2.16. The molecule has 0 aliphatic rings. The summed E-state index contributed by atoms with van der Waals surface area (Å²) in [4.78, 5) is 3.98. The Morgan fingerprint density at radius 3 is 2.57 bits per heavy atom. The molecule has 0 amide bonds. The summed E-state index contributed by atoms with van der Waals surface area (Å²) in [5.41, 5.74) is -0.154. The van der Waals surface area contributed by atoms with E-state index >= 15 is 0 Å². The average Bonchev–Trinajstić information content (AvgIpc) is 2.67. The lowest BCUT2D eigenvalue weighted by Crippen LogP contribution is -1.96. The maximum absolute atomic E-state index is 13.2. The van der Waals surface area contributed by atoms with Gasteiger partial charge in [0.2, 0.25) is 0 Å². The average molecular weight is 215 g/mol. The van der Waals surface area contributed by atoms with Crippen LogP contribution in [-0.2, 0) is 0 Å². The highest BCUT2D eigenvalue weighted by atomic mass is 32.1. The van der Waals surface area contributed by atoms with E-state index in [4.69, 9.17) is 0 Å². The molecule has 2 rings (SSSR count). The van der Waals surface area contributed by atoms with Crippen molar-refractivity contribution in [3.05, 3.63) is 41.2 Å². The van der Waals surface area contributed by atoms with Crippen molar-refractivity contribution in [2.24, 2.45) is 0 Å². The Morgan fingerprint density at radius 1 is 1.14 bits per heavy atom. The number of nitrogens with zero attached hydrogens (tertiary/aromatic N) is 1. The maximum Gasteiger partial charge on any atom is 0.198 e. The van der Waals surface area contributed by atoms with Crippen molar-refractivity contribution in [3.63, 3.8) is 0 Å². The summed E-state index contributed by atoms with van der Waals surface area (Å²) in [6.45, 7) is 0. The maximum atomic E-state index is 13.2. The molecule has 0 atom stereocenters. The van der Waals surface area contributed by atoms with Crippen molar-refractivity contribution < 1.29 is 13.2 Å². The van der Waals surface area contributed by atoms with Gasteiger partial charge in [-0.3, -0.25) is 0 Å². The molecule has 2 aromatic rings. The summed E-state index contributed by atoms with van der Waals surface area (Å²) >= 11 is 1.21. The van der Waals surface area contributed by atoms with Gasteiger partial charge in [0.1, 0.15) is 5.69 Å². The lowest BCUT2D eigenvalue weighted by atomic mass is 10.3. The third-order valence-electron chi connectivity index (χ3n) is 1.67. The van der Waals surface area contributed by atoms with Gasteiger partial charge < -0.3 is 0 Å². The summed E-state index contributed by atoms with van der Waals surface area (Å²) < 4.78 is 38.5. The first-order valence-corrected chi connectivity index (χ1v) is 4.61. The lowest BCUT2D eigenvalue weighted by Gasteiger charge is -2.00. The highest BCUT2D eigenvalue weighted by molar-refractivity contribution is 7.13. The van der Waals surface area contributed by atoms with Crippen molar-refractivity contribution in [2.45, 2.75) is 0 Å². The fraction of sp³-hybridized carbons (Fsp3) is 0. The predicted molar refractivity (Wildman–Crippen MR) is 47.4 cm³/mol. The predicted octanol–water partition coefficient (Wildman–Crippen LogP) is 3.23. The Morgan fingerprint density at radius 2 is 1.93 bits per heavy atom. The fourth-order valence-corrected chi connectivity index (χ4v) is 1.74. The van der Waals surface area contributed by atoms with Gasteiger partial charge in [-0.15, -0.1) is 11.3 Å². The van der Waals surface area contributed by atoms with Crippen LogP contribution >= 0.6 is 11.3 Å². The normalized spacial score (nSPS) is 10.5. The van der Waals surface area contributed by atoms with E-state index in [1.807, 2.05) is 0 Å². The minimum Gasteiger partial charge on any atom is -0.249 e. The highest BCUT2D eigenvalue weighted by Crippen LogP contribution is 2.26. The van der Waals surface area contributed by atoms with Crippen molar-refractivity contribution in [2.75, 3.05) is 0 Å². The summed E-state index contributed by atoms with van der Waals surface area (Å²) in [6, 6.07) is 3.27. The molecule has 0 N–H and O–H groups in total. The molecule has 0 saturated heterocycles. The van der Waals surface area contributed by atoms with Gasteiger partial charge in [-0.1, -0.05) is 6.07 Å². The number of hydrogen-bond acceptors (Lipinski definition) is 2. The second kappa shape index (κ2) is 3.42. The lowest BCUT2D eigenvalue weighted by molar-refractivity contribution is 0.443. The molecule has 5 heteroatoms. The SMILES string of the molecule is Fc1cnc(-c2cccs2)c(F)c1F. The molecule has 0 spiro atoms.